The lowest BCUT2D eigenvalue weighted by Crippen LogP contribution is -2.23. The first-order valence-corrected chi connectivity index (χ1v) is 8.41. The molecule has 0 radical (unpaired) electrons. The van der Waals surface area contributed by atoms with Crippen LogP contribution in [0.25, 0.3) is 10.2 Å². The van der Waals surface area contributed by atoms with Crippen LogP contribution in [0.1, 0.15) is 25.6 Å². The first-order chi connectivity index (χ1) is 10.3. The van der Waals surface area contributed by atoms with Crippen LogP contribution >= 0.6 is 11.3 Å². The van der Waals surface area contributed by atoms with Crippen molar-refractivity contribution in [1.29, 1.82) is 0 Å². The fourth-order valence-corrected chi connectivity index (χ4v) is 3.46. The monoisotopic (exact) mass is 306 g/mol. The molecule has 1 N–H and O–H groups in total. The molecule has 1 aliphatic rings. The van der Waals surface area contributed by atoms with Crippen molar-refractivity contribution in [2.75, 3.05) is 32.1 Å². The minimum Gasteiger partial charge on any atom is -0.380 e. The van der Waals surface area contributed by atoms with Crippen molar-refractivity contribution in [3.63, 3.8) is 0 Å². The van der Waals surface area contributed by atoms with Gasteiger partial charge < -0.3 is 10.1 Å². The Balaban J connectivity index is 1.78. The van der Waals surface area contributed by atoms with Gasteiger partial charge in [-0.2, -0.15) is 0 Å². The van der Waals surface area contributed by atoms with Gasteiger partial charge in [-0.25, -0.2) is 9.97 Å². The quantitative estimate of drug-likeness (QED) is 0.889. The van der Waals surface area contributed by atoms with Gasteiger partial charge in [0.25, 0.3) is 0 Å². The zero-order valence-electron chi connectivity index (χ0n) is 12.6. The summed E-state index contributed by atoms with van der Waals surface area (Å²) in [5, 5.41) is 6.63. The molecule has 0 aliphatic carbocycles. The number of ether oxygens (including phenoxy) is 1. The molecular formula is C15H22N4OS. The third-order valence-corrected chi connectivity index (χ3v) is 4.65. The lowest BCUT2D eigenvalue weighted by molar-refractivity contribution is 0.107. The fourth-order valence-electron chi connectivity index (χ4n) is 2.68. The largest absolute Gasteiger partial charge is 0.380 e. The molecule has 3 rings (SSSR count). The number of aromatic nitrogens is 2. The van der Waals surface area contributed by atoms with Crippen LogP contribution in [-0.4, -0.2) is 47.7 Å². The second-order valence-corrected chi connectivity index (χ2v) is 6.33. The summed E-state index contributed by atoms with van der Waals surface area (Å²) in [4.78, 5) is 12.9. The van der Waals surface area contributed by atoms with Crippen LogP contribution in [0.5, 0.6) is 0 Å². The van der Waals surface area contributed by atoms with E-state index in [1.54, 1.807) is 18.4 Å². The van der Waals surface area contributed by atoms with E-state index in [1.165, 1.54) is 0 Å². The van der Waals surface area contributed by atoms with Gasteiger partial charge in [0.2, 0.25) is 0 Å². The van der Waals surface area contributed by atoms with E-state index >= 15 is 0 Å². The SMILES string of the molecule is CCCNc1nc(CN2CCC(OC)C2)nc2sccc12. The number of anilines is 1. The normalized spacial score (nSPS) is 19.4. The molecule has 0 saturated carbocycles. The first kappa shape index (κ1) is 14.7. The van der Waals surface area contributed by atoms with Crippen LogP contribution in [0.3, 0.4) is 0 Å². The third-order valence-electron chi connectivity index (χ3n) is 3.84. The second kappa shape index (κ2) is 6.68. The smallest absolute Gasteiger partial charge is 0.146 e. The molecular weight excluding hydrogens is 284 g/mol. The van der Waals surface area contributed by atoms with Crippen LogP contribution in [0, 0.1) is 0 Å². The average molecular weight is 306 g/mol. The Labute approximate surface area is 129 Å². The Morgan fingerprint density at radius 1 is 1.48 bits per heavy atom. The number of methoxy groups -OCH3 is 1. The number of fused-ring (bicyclic) bond motifs is 1. The summed E-state index contributed by atoms with van der Waals surface area (Å²) in [6.45, 7) is 5.93. The number of rotatable bonds is 6. The summed E-state index contributed by atoms with van der Waals surface area (Å²) in [7, 11) is 1.79. The summed E-state index contributed by atoms with van der Waals surface area (Å²) in [5.74, 6) is 1.88. The molecule has 6 heteroatoms. The fraction of sp³-hybridized carbons (Fsp3) is 0.600. The highest BCUT2D eigenvalue weighted by molar-refractivity contribution is 7.16. The lowest BCUT2D eigenvalue weighted by Gasteiger charge is -2.15. The molecule has 21 heavy (non-hydrogen) atoms. The van der Waals surface area contributed by atoms with Crippen molar-refractivity contribution in [3.05, 3.63) is 17.3 Å². The first-order valence-electron chi connectivity index (χ1n) is 7.53. The zero-order chi connectivity index (χ0) is 14.7. The van der Waals surface area contributed by atoms with Gasteiger partial charge in [0.1, 0.15) is 16.5 Å². The molecule has 0 aromatic carbocycles. The highest BCUT2D eigenvalue weighted by atomic mass is 32.1. The van der Waals surface area contributed by atoms with Crippen LogP contribution in [0.15, 0.2) is 11.4 Å². The highest BCUT2D eigenvalue weighted by Crippen LogP contribution is 2.26. The maximum Gasteiger partial charge on any atom is 0.146 e. The van der Waals surface area contributed by atoms with Gasteiger partial charge in [-0.05, 0) is 24.3 Å². The Kier molecular flexibility index (Phi) is 4.67. The number of likely N-dealkylation sites (tertiary alicyclic amines) is 1. The third kappa shape index (κ3) is 3.33. The van der Waals surface area contributed by atoms with E-state index in [1.807, 2.05) is 0 Å². The van der Waals surface area contributed by atoms with Gasteiger partial charge in [0.05, 0.1) is 18.0 Å². The molecule has 1 fully saturated rings. The van der Waals surface area contributed by atoms with Crippen LogP contribution < -0.4 is 5.32 Å². The number of hydrogen-bond acceptors (Lipinski definition) is 6. The molecule has 0 amide bonds. The molecule has 2 aromatic rings. The van der Waals surface area contributed by atoms with Gasteiger partial charge in [-0.3, -0.25) is 4.90 Å². The topological polar surface area (TPSA) is 50.3 Å². The molecule has 2 aromatic heterocycles. The van der Waals surface area contributed by atoms with Gasteiger partial charge in [0.15, 0.2) is 0 Å². The van der Waals surface area contributed by atoms with E-state index in [9.17, 15) is 0 Å². The van der Waals surface area contributed by atoms with E-state index < -0.39 is 0 Å². The predicted molar refractivity (Wildman–Crippen MR) is 86.9 cm³/mol. The van der Waals surface area contributed by atoms with Crippen molar-refractivity contribution in [2.45, 2.75) is 32.4 Å². The van der Waals surface area contributed by atoms with E-state index in [4.69, 9.17) is 14.7 Å². The van der Waals surface area contributed by atoms with E-state index in [0.29, 0.717) is 6.10 Å². The Morgan fingerprint density at radius 3 is 3.14 bits per heavy atom. The summed E-state index contributed by atoms with van der Waals surface area (Å²) in [6, 6.07) is 2.10. The lowest BCUT2D eigenvalue weighted by atomic mass is 10.3. The van der Waals surface area contributed by atoms with Crippen LogP contribution in [0.4, 0.5) is 5.82 Å². The summed E-state index contributed by atoms with van der Waals surface area (Å²) >= 11 is 1.68. The number of nitrogens with one attached hydrogen (secondary N) is 1. The van der Waals surface area contributed by atoms with E-state index in [-0.39, 0.29) is 0 Å². The van der Waals surface area contributed by atoms with Gasteiger partial charge in [-0.1, -0.05) is 6.92 Å². The van der Waals surface area contributed by atoms with Crippen molar-refractivity contribution in [1.82, 2.24) is 14.9 Å². The summed E-state index contributed by atoms with van der Waals surface area (Å²) < 4.78 is 5.42. The van der Waals surface area contributed by atoms with Crippen molar-refractivity contribution < 1.29 is 4.74 Å². The summed E-state index contributed by atoms with van der Waals surface area (Å²) in [5.41, 5.74) is 0. The highest BCUT2D eigenvalue weighted by Gasteiger charge is 2.23. The molecule has 0 bridgehead atoms. The van der Waals surface area contributed by atoms with Crippen molar-refractivity contribution in [3.8, 4) is 0 Å². The van der Waals surface area contributed by atoms with E-state index in [2.05, 4.69) is 28.6 Å². The van der Waals surface area contributed by atoms with Crippen molar-refractivity contribution >= 4 is 27.4 Å². The van der Waals surface area contributed by atoms with Gasteiger partial charge in [0, 0.05) is 26.7 Å². The maximum absolute atomic E-state index is 5.42. The molecule has 1 saturated heterocycles. The van der Waals surface area contributed by atoms with Crippen molar-refractivity contribution in [2.24, 2.45) is 0 Å². The Bertz CT molecular complexity index is 600. The molecule has 114 valence electrons. The average Bonchev–Trinajstić information content (AvgIpc) is 3.13. The Hall–Kier alpha value is -1.24. The minimum absolute atomic E-state index is 0.355. The van der Waals surface area contributed by atoms with Gasteiger partial charge in [-0.15, -0.1) is 11.3 Å². The molecule has 5 nitrogen and oxygen atoms in total. The number of nitrogens with zero attached hydrogens (tertiary/aromatic N) is 3. The van der Waals surface area contributed by atoms with Crippen LogP contribution in [0.2, 0.25) is 0 Å². The second-order valence-electron chi connectivity index (χ2n) is 5.44. The van der Waals surface area contributed by atoms with Gasteiger partial charge >= 0.3 is 0 Å². The molecule has 1 aliphatic heterocycles. The molecule has 3 heterocycles. The molecule has 1 atom stereocenters. The molecule has 0 spiro atoms. The predicted octanol–water partition coefficient (Wildman–Crippen LogP) is 2.73. The minimum atomic E-state index is 0.355. The standard InChI is InChI=1S/C15H22N4OS/c1-3-6-16-14-12-5-8-21-15(12)18-13(17-14)10-19-7-4-11(9-19)20-2/h5,8,11H,3-4,6-7,9-10H2,1-2H3,(H,16,17,18). The van der Waals surface area contributed by atoms with Crippen LogP contribution in [-0.2, 0) is 11.3 Å². The maximum atomic E-state index is 5.42. The van der Waals surface area contributed by atoms with E-state index in [0.717, 1.165) is 60.9 Å². The number of thiophene rings is 1. The Morgan fingerprint density at radius 2 is 2.38 bits per heavy atom. The zero-order valence-corrected chi connectivity index (χ0v) is 13.4. The molecule has 1 unspecified atom stereocenters. The number of hydrogen-bond donors (Lipinski definition) is 1. The summed E-state index contributed by atoms with van der Waals surface area (Å²) in [6.07, 6.45) is 2.54.